The van der Waals surface area contributed by atoms with Crippen LogP contribution < -0.4 is 9.47 Å². The molecule has 4 fully saturated rings. The van der Waals surface area contributed by atoms with Gasteiger partial charge in [0.1, 0.15) is 37.4 Å². The van der Waals surface area contributed by atoms with Crippen LogP contribution in [0.3, 0.4) is 0 Å². The Morgan fingerprint density at radius 1 is 0.440 bits per heavy atom. The summed E-state index contributed by atoms with van der Waals surface area (Å²) in [6.07, 6.45) is 2.76. The molecule has 0 amide bonds. The zero-order valence-electron chi connectivity index (χ0n) is 48.8. The fourth-order valence-corrected chi connectivity index (χ4v) is 16.5. The summed E-state index contributed by atoms with van der Waals surface area (Å²) in [7, 11) is 0. The van der Waals surface area contributed by atoms with E-state index in [-0.39, 0.29) is 30.6 Å². The Morgan fingerprint density at radius 2 is 0.967 bits per heavy atom. The molecular formula is C64H62I9N3O15. The first-order chi connectivity index (χ1) is 43.8. The molecule has 3 saturated heterocycles. The van der Waals surface area contributed by atoms with Gasteiger partial charge < -0.3 is 42.6 Å². The minimum Gasteiger partial charge on any atom is -0.464 e. The van der Waals surface area contributed by atoms with E-state index in [0.717, 1.165) is 121 Å². The van der Waals surface area contributed by atoms with Gasteiger partial charge in [0.05, 0.1) is 73.4 Å². The van der Waals surface area contributed by atoms with E-state index in [9.17, 15) is 28.8 Å². The largest absolute Gasteiger partial charge is 0.464 e. The summed E-state index contributed by atoms with van der Waals surface area (Å²) >= 11 is 19.8. The first-order valence-corrected chi connectivity index (χ1v) is 38.6. The molecule has 10 rings (SSSR count). The van der Waals surface area contributed by atoms with Crippen LogP contribution in [0.5, 0.6) is 11.5 Å². The smallest absolute Gasteiger partial charge is 0.344 e. The number of carbonyl (C=O) groups excluding carboxylic acids is 6. The summed E-state index contributed by atoms with van der Waals surface area (Å²) in [5, 5.41) is 1.56. The third-order valence-corrected chi connectivity index (χ3v) is 28.8. The van der Waals surface area contributed by atoms with Gasteiger partial charge in [-0.15, -0.1) is 0 Å². The van der Waals surface area contributed by atoms with Gasteiger partial charge in [0.2, 0.25) is 0 Å². The molecular weight excluding hydrogens is 2190 g/mol. The number of esters is 6. The van der Waals surface area contributed by atoms with E-state index in [1.807, 2.05) is 48.5 Å². The third-order valence-electron chi connectivity index (χ3n) is 14.7. The van der Waals surface area contributed by atoms with Crippen LogP contribution in [0, 0.1) is 38.0 Å². The molecule has 18 nitrogen and oxygen atoms in total. The normalized spacial score (nSPS) is 17.1. The highest BCUT2D eigenvalue weighted by Crippen LogP contribution is 2.33. The lowest BCUT2D eigenvalue weighted by atomic mass is 9.87. The van der Waals surface area contributed by atoms with Crippen molar-refractivity contribution in [2.45, 2.75) is 31.8 Å². The zero-order chi connectivity index (χ0) is 65.0. The predicted octanol–water partition coefficient (Wildman–Crippen LogP) is 13.7. The second-order valence-electron chi connectivity index (χ2n) is 20.9. The second kappa shape index (κ2) is 38.8. The molecule has 0 radical (unpaired) electrons. The Hall–Kier alpha value is -1.27. The maximum absolute atomic E-state index is 12.9. The first-order valence-electron chi connectivity index (χ1n) is 28.9. The molecule has 0 bridgehead atoms. The second-order valence-corrected chi connectivity index (χ2v) is 31.0. The number of benzene rings is 6. The van der Waals surface area contributed by atoms with Crippen LogP contribution in [-0.4, -0.2) is 175 Å². The lowest BCUT2D eigenvalue weighted by Gasteiger charge is -2.29. The van der Waals surface area contributed by atoms with Crippen molar-refractivity contribution in [2.24, 2.45) is 5.92 Å². The number of ether oxygens (including phenoxy) is 9. The molecule has 0 N–H and O–H groups in total. The Kier molecular flexibility index (Phi) is 32.2. The Bertz CT molecular complexity index is 3550. The van der Waals surface area contributed by atoms with Gasteiger partial charge in [0, 0.05) is 91.0 Å². The maximum atomic E-state index is 12.9. The summed E-state index contributed by atoms with van der Waals surface area (Å²) in [6.45, 7) is 12.5. The van der Waals surface area contributed by atoms with Crippen LogP contribution in [0.1, 0.15) is 77.5 Å². The quantitative estimate of drug-likeness (QED) is 0.0197. The van der Waals surface area contributed by atoms with Crippen molar-refractivity contribution in [1.29, 1.82) is 0 Å². The van der Waals surface area contributed by atoms with Gasteiger partial charge in [-0.1, -0.05) is 30.3 Å². The van der Waals surface area contributed by atoms with Crippen LogP contribution in [0.2, 0.25) is 0 Å². The van der Waals surface area contributed by atoms with Gasteiger partial charge in [0.15, 0.2) is 0 Å². The van der Waals surface area contributed by atoms with Crippen molar-refractivity contribution in [1.82, 2.24) is 14.7 Å². The molecule has 486 valence electrons. The van der Waals surface area contributed by atoms with Gasteiger partial charge >= 0.3 is 35.8 Å². The minimum atomic E-state index is -0.462. The van der Waals surface area contributed by atoms with Crippen LogP contribution in [-0.2, 0) is 38.0 Å². The van der Waals surface area contributed by atoms with Gasteiger partial charge in [-0.05, 0) is 307 Å². The monoisotopic (exact) mass is 2250 g/mol. The number of fused-ring (bicyclic) bond motifs is 1. The number of carbonyl (C=O) groups is 6. The standard InChI is InChI=1S/C24H20I3NO5.C20H24I3NO5.C20H18I3NO5/c25-20-6-5-18(21(26)22(20)27)24(30)33-16-13-15-3-1-2-4-17(15)19(14-16)23(29)32-12-9-28-7-10-31-11-8-28;21-14-11-16(18(23)17(22)12-14)20(26)29-15-3-1-2-13(10-15)19(25)28-9-6-24-4-7-27-8-5-24;21-16-5-4-15(17(22)18(16)23)20(26)29-14-3-1-2-13(12-14)19(25)28-11-8-24-6-9-27-10-7-24/h1-6,13-14H,7-12H2;11-13,15H,1-10H2;1-5,12H,6-11H2. The van der Waals surface area contributed by atoms with E-state index < -0.39 is 23.9 Å². The van der Waals surface area contributed by atoms with E-state index in [4.69, 9.17) is 42.6 Å². The molecule has 2 atom stereocenters. The van der Waals surface area contributed by atoms with E-state index in [1.165, 1.54) is 6.07 Å². The van der Waals surface area contributed by atoms with Gasteiger partial charge in [0.25, 0.3) is 0 Å². The average Bonchev–Trinajstić information content (AvgIpc) is 1.10. The van der Waals surface area contributed by atoms with Crippen molar-refractivity contribution < 1.29 is 71.4 Å². The molecule has 0 spiro atoms. The minimum absolute atomic E-state index is 0.169. The van der Waals surface area contributed by atoms with E-state index in [2.05, 4.69) is 218 Å². The third kappa shape index (κ3) is 23.2. The Balaban J connectivity index is 0.000000176. The van der Waals surface area contributed by atoms with Crippen molar-refractivity contribution in [3.63, 3.8) is 0 Å². The Morgan fingerprint density at radius 3 is 1.54 bits per heavy atom. The fourth-order valence-electron chi connectivity index (χ4n) is 9.84. The van der Waals surface area contributed by atoms with Crippen molar-refractivity contribution >= 4 is 250 Å². The van der Waals surface area contributed by atoms with E-state index >= 15 is 0 Å². The van der Waals surface area contributed by atoms with Gasteiger partial charge in [-0.2, -0.15) is 0 Å². The van der Waals surface area contributed by atoms with Gasteiger partial charge in [-0.3, -0.25) is 19.5 Å². The molecule has 2 unspecified atom stereocenters. The molecule has 27 heteroatoms. The summed E-state index contributed by atoms with van der Waals surface area (Å²) in [5.74, 6) is -1.84. The number of nitrogens with zero attached hydrogens (tertiary/aromatic N) is 3. The number of hydrogen-bond acceptors (Lipinski definition) is 18. The highest BCUT2D eigenvalue weighted by Gasteiger charge is 2.32. The van der Waals surface area contributed by atoms with Crippen molar-refractivity contribution in [2.75, 3.05) is 118 Å². The maximum Gasteiger partial charge on any atom is 0.344 e. The van der Waals surface area contributed by atoms with Gasteiger partial charge in [-0.25, -0.2) is 24.0 Å². The van der Waals surface area contributed by atoms with Crippen LogP contribution in [0.4, 0.5) is 0 Å². The SMILES string of the molecule is O=C(OC1CCCC(C(=O)OCCN2CCOCC2)C1)c1cc(I)cc(I)c1I.O=C(OCCN1CCOCC1)c1cccc(OC(=O)c2ccc(I)c(I)c2I)c1.O=C(Oc1cc(C(=O)OCCN2CCOCC2)c2ccccc2c1)c1ccc(I)c(I)c1I. The summed E-state index contributed by atoms with van der Waals surface area (Å²) < 4.78 is 58.2. The molecule has 3 heterocycles. The molecule has 1 aliphatic carbocycles. The summed E-state index contributed by atoms with van der Waals surface area (Å²) in [4.78, 5) is 82.5. The lowest BCUT2D eigenvalue weighted by Crippen LogP contribution is -2.39. The zero-order valence-corrected chi connectivity index (χ0v) is 68.2. The molecule has 1 saturated carbocycles. The average molecular weight is 2260 g/mol. The molecule has 91 heavy (non-hydrogen) atoms. The summed E-state index contributed by atoms with van der Waals surface area (Å²) in [6, 6.07) is 28.5. The molecule has 3 aliphatic heterocycles. The topological polar surface area (TPSA) is 195 Å². The fraction of sp³-hybridized carbons (Fsp3) is 0.375. The highest BCUT2D eigenvalue weighted by molar-refractivity contribution is 14.1. The van der Waals surface area contributed by atoms with Crippen LogP contribution in [0.15, 0.2) is 97.1 Å². The van der Waals surface area contributed by atoms with Crippen LogP contribution >= 0.6 is 203 Å². The first kappa shape index (κ1) is 75.5. The van der Waals surface area contributed by atoms with Crippen molar-refractivity contribution in [3.05, 3.63) is 157 Å². The molecule has 6 aromatic rings. The molecule has 6 aromatic carbocycles. The number of rotatable bonds is 18. The number of halogens is 9. The molecule has 0 aromatic heterocycles. The number of hydrogen-bond donors (Lipinski definition) is 0. The predicted molar refractivity (Wildman–Crippen MR) is 419 cm³/mol. The molecule has 4 aliphatic rings. The lowest BCUT2D eigenvalue weighted by molar-refractivity contribution is -0.151. The highest BCUT2D eigenvalue weighted by atomic mass is 127. The van der Waals surface area contributed by atoms with E-state index in [0.29, 0.717) is 98.5 Å². The summed E-state index contributed by atoms with van der Waals surface area (Å²) in [5.41, 5.74) is 2.31. The van der Waals surface area contributed by atoms with Crippen LogP contribution in [0.25, 0.3) is 10.8 Å². The number of morpholine rings is 3. The Labute approximate surface area is 651 Å². The van der Waals surface area contributed by atoms with E-state index in [1.54, 1.807) is 42.5 Å². The van der Waals surface area contributed by atoms with Crippen molar-refractivity contribution in [3.8, 4) is 11.5 Å².